The topological polar surface area (TPSA) is 17.8 Å². The molecule has 4 rings (SSSR count). The Balaban J connectivity index is 0.00000156. The molecule has 2 nitrogen and oxygen atoms in total. The quantitative estimate of drug-likeness (QED) is 0.743. The van der Waals surface area contributed by atoms with Crippen LogP contribution in [0.1, 0.15) is 49.3 Å². The zero-order valence-electron chi connectivity index (χ0n) is 13.6. The molecule has 23 heavy (non-hydrogen) atoms. The average molecular weight is 351 g/mol. The maximum Gasteiger partial charge on any atom is 0.0945 e. The molecule has 4 heteroatoms. The minimum absolute atomic E-state index is 0. The second kappa shape index (κ2) is 6.49. The Bertz CT molecular complexity index is 681. The largest absolute Gasteiger partial charge is 0.337 e. The van der Waals surface area contributed by atoms with Crippen molar-refractivity contribution in [2.24, 2.45) is 5.92 Å². The minimum Gasteiger partial charge on any atom is -0.337 e. The van der Waals surface area contributed by atoms with Gasteiger partial charge in [-0.3, -0.25) is 0 Å². The van der Waals surface area contributed by atoms with Crippen LogP contribution in [0.3, 0.4) is 0 Å². The highest BCUT2D eigenvalue weighted by Crippen LogP contribution is 2.51. The minimum atomic E-state index is 0. The van der Waals surface area contributed by atoms with E-state index in [0.29, 0.717) is 11.3 Å². The molecule has 0 spiro atoms. The summed E-state index contributed by atoms with van der Waals surface area (Å²) in [6.07, 6.45) is 13.4. The van der Waals surface area contributed by atoms with Gasteiger partial charge in [-0.2, -0.15) is 0 Å². The fraction of sp³-hybridized carbons (Fsp3) is 0.526. The number of nitrogens with zero attached hydrogens (tertiary/aromatic N) is 2. The van der Waals surface area contributed by atoms with E-state index in [0.717, 1.165) is 18.0 Å². The molecule has 0 fully saturated rings. The van der Waals surface area contributed by atoms with Gasteiger partial charge in [0.2, 0.25) is 0 Å². The van der Waals surface area contributed by atoms with Crippen LogP contribution in [0.4, 0.5) is 0 Å². The highest BCUT2D eigenvalue weighted by Gasteiger charge is 2.42. The molecule has 2 aromatic rings. The molecule has 2 aliphatic carbocycles. The van der Waals surface area contributed by atoms with Gasteiger partial charge in [0.1, 0.15) is 0 Å². The van der Waals surface area contributed by atoms with Crippen molar-refractivity contribution in [2.75, 3.05) is 0 Å². The van der Waals surface area contributed by atoms with E-state index in [1.807, 2.05) is 12.5 Å². The van der Waals surface area contributed by atoms with Gasteiger partial charge >= 0.3 is 0 Å². The molecule has 0 saturated heterocycles. The molecule has 0 radical (unpaired) electrons. The normalized spacial score (nSPS) is 25.6. The van der Waals surface area contributed by atoms with Crippen LogP contribution in [0.5, 0.6) is 0 Å². The maximum atomic E-state index is 6.61. The highest BCUT2D eigenvalue weighted by molar-refractivity contribution is 6.31. The lowest BCUT2D eigenvalue weighted by Gasteiger charge is -2.46. The zero-order chi connectivity index (χ0) is 15.2. The summed E-state index contributed by atoms with van der Waals surface area (Å²) in [5.41, 5.74) is 4.98. The Labute approximate surface area is 149 Å². The van der Waals surface area contributed by atoms with E-state index in [-0.39, 0.29) is 12.4 Å². The fourth-order valence-corrected chi connectivity index (χ4v) is 5.15. The number of benzene rings is 1. The lowest BCUT2D eigenvalue weighted by molar-refractivity contribution is 0.226. The molecule has 1 heterocycles. The molecule has 2 aliphatic rings. The number of aryl methyl sites for hydroxylation is 1. The third kappa shape index (κ3) is 2.81. The van der Waals surface area contributed by atoms with E-state index in [4.69, 9.17) is 11.6 Å². The van der Waals surface area contributed by atoms with Gasteiger partial charge < -0.3 is 4.57 Å². The lowest BCUT2D eigenvalue weighted by Crippen LogP contribution is -2.39. The van der Waals surface area contributed by atoms with Crippen molar-refractivity contribution in [2.45, 2.75) is 57.4 Å². The summed E-state index contributed by atoms with van der Waals surface area (Å²) >= 11 is 6.61. The molecule has 1 aromatic heterocycles. The highest BCUT2D eigenvalue weighted by atomic mass is 35.5. The first-order valence-corrected chi connectivity index (χ1v) is 8.86. The molecule has 0 bridgehead atoms. The maximum absolute atomic E-state index is 6.61. The number of imidazole rings is 1. The Hall–Kier alpha value is -0.990. The van der Waals surface area contributed by atoms with Crippen molar-refractivity contribution in [1.29, 1.82) is 0 Å². The smallest absolute Gasteiger partial charge is 0.0945 e. The standard InChI is InChI=1S/C19H23ClN2.ClH/c1-2-19-7-3-4-15-5-6-17(20)16(18(15)19)10-14(11-19)12-22-9-8-21-13-22;/h5-6,8-9,13-14H,2-4,7,10-12H2,1H3;1H. The SMILES string of the molecule is CCC12CCCc3ccc(Cl)c(c31)CC(Cn1ccnc1)C2.Cl. The summed E-state index contributed by atoms with van der Waals surface area (Å²) in [6, 6.07) is 4.40. The van der Waals surface area contributed by atoms with Gasteiger partial charge in [0.25, 0.3) is 0 Å². The molecule has 0 aliphatic heterocycles. The van der Waals surface area contributed by atoms with Crippen molar-refractivity contribution >= 4 is 24.0 Å². The van der Waals surface area contributed by atoms with E-state index >= 15 is 0 Å². The van der Waals surface area contributed by atoms with Gasteiger partial charge in [-0.25, -0.2) is 4.98 Å². The predicted molar refractivity (Wildman–Crippen MR) is 97.6 cm³/mol. The van der Waals surface area contributed by atoms with Gasteiger partial charge in [-0.1, -0.05) is 24.6 Å². The van der Waals surface area contributed by atoms with Gasteiger partial charge in [-0.15, -0.1) is 12.4 Å². The summed E-state index contributed by atoms with van der Waals surface area (Å²) < 4.78 is 2.22. The van der Waals surface area contributed by atoms with Crippen molar-refractivity contribution < 1.29 is 0 Å². The third-order valence-corrected chi connectivity index (χ3v) is 6.21. The van der Waals surface area contributed by atoms with E-state index in [1.165, 1.54) is 37.7 Å². The number of halogens is 2. The molecule has 2 atom stereocenters. The third-order valence-electron chi connectivity index (χ3n) is 5.85. The number of rotatable bonds is 3. The van der Waals surface area contributed by atoms with Crippen LogP contribution in [-0.4, -0.2) is 9.55 Å². The van der Waals surface area contributed by atoms with Crippen molar-refractivity contribution in [3.05, 3.63) is 52.6 Å². The number of hydrogen-bond acceptors (Lipinski definition) is 1. The van der Waals surface area contributed by atoms with Gasteiger partial charge in [-0.05, 0) is 72.6 Å². The van der Waals surface area contributed by atoms with Gasteiger partial charge in [0.05, 0.1) is 6.33 Å². The van der Waals surface area contributed by atoms with Crippen LogP contribution < -0.4 is 0 Å². The molecule has 1 aromatic carbocycles. The van der Waals surface area contributed by atoms with Crippen LogP contribution in [0.15, 0.2) is 30.9 Å². The molecule has 0 N–H and O–H groups in total. The Morgan fingerprint density at radius 2 is 2.26 bits per heavy atom. The Morgan fingerprint density at radius 3 is 3.00 bits per heavy atom. The summed E-state index contributed by atoms with van der Waals surface area (Å²) in [4.78, 5) is 4.19. The number of aromatic nitrogens is 2. The van der Waals surface area contributed by atoms with Crippen molar-refractivity contribution in [1.82, 2.24) is 9.55 Å². The van der Waals surface area contributed by atoms with Crippen molar-refractivity contribution in [3.63, 3.8) is 0 Å². The lowest BCUT2D eigenvalue weighted by atomic mass is 9.59. The first-order valence-electron chi connectivity index (χ1n) is 8.48. The van der Waals surface area contributed by atoms with Crippen LogP contribution in [0, 0.1) is 5.92 Å². The zero-order valence-corrected chi connectivity index (χ0v) is 15.2. The van der Waals surface area contributed by atoms with E-state index in [2.05, 4.69) is 34.8 Å². The first kappa shape index (κ1) is 16.9. The van der Waals surface area contributed by atoms with Crippen LogP contribution >= 0.6 is 24.0 Å². The molecular weight excluding hydrogens is 327 g/mol. The molecule has 0 amide bonds. The van der Waals surface area contributed by atoms with Crippen molar-refractivity contribution in [3.8, 4) is 0 Å². The summed E-state index contributed by atoms with van der Waals surface area (Å²) in [6.45, 7) is 3.42. The second-order valence-corrected chi connectivity index (χ2v) is 7.49. The van der Waals surface area contributed by atoms with E-state index < -0.39 is 0 Å². The first-order chi connectivity index (χ1) is 10.7. The van der Waals surface area contributed by atoms with E-state index in [9.17, 15) is 0 Å². The van der Waals surface area contributed by atoms with Gasteiger partial charge in [0, 0.05) is 24.0 Å². The second-order valence-electron chi connectivity index (χ2n) is 7.08. The van der Waals surface area contributed by atoms with E-state index in [1.54, 1.807) is 11.1 Å². The van der Waals surface area contributed by atoms with Crippen LogP contribution in [0.25, 0.3) is 0 Å². The summed E-state index contributed by atoms with van der Waals surface area (Å²) in [5.74, 6) is 0.660. The average Bonchev–Trinajstić information content (AvgIpc) is 3.03. The summed E-state index contributed by atoms with van der Waals surface area (Å²) in [7, 11) is 0. The molecule has 124 valence electrons. The van der Waals surface area contributed by atoms with Gasteiger partial charge in [0.15, 0.2) is 0 Å². The molecular formula is C19H24Cl2N2. The number of hydrogen-bond donors (Lipinski definition) is 0. The monoisotopic (exact) mass is 350 g/mol. The molecule has 2 unspecified atom stereocenters. The van der Waals surface area contributed by atoms with Crippen LogP contribution in [-0.2, 0) is 24.8 Å². The van der Waals surface area contributed by atoms with Crippen LogP contribution in [0.2, 0.25) is 5.02 Å². The summed E-state index contributed by atoms with van der Waals surface area (Å²) in [5, 5.41) is 0.980. The Morgan fingerprint density at radius 1 is 1.39 bits per heavy atom. The predicted octanol–water partition coefficient (Wildman–Crippen LogP) is 5.21. The fourth-order valence-electron chi connectivity index (χ4n) is 4.92. The Kier molecular flexibility index (Phi) is 4.75. The molecule has 0 saturated carbocycles.